The zero-order chi connectivity index (χ0) is 19.3. The van der Waals surface area contributed by atoms with E-state index in [9.17, 15) is 9.59 Å². The number of rotatable bonds is 8. The molecule has 0 aliphatic rings. The van der Waals surface area contributed by atoms with Gasteiger partial charge >= 0.3 is 0 Å². The van der Waals surface area contributed by atoms with E-state index in [4.69, 9.17) is 27.8 Å². The highest BCUT2D eigenvalue weighted by Gasteiger charge is 2.18. The summed E-state index contributed by atoms with van der Waals surface area (Å²) in [7, 11) is 1.49. The van der Waals surface area contributed by atoms with Crippen molar-refractivity contribution in [2.24, 2.45) is 11.5 Å². The third-order valence-corrected chi connectivity index (χ3v) is 3.69. The van der Waals surface area contributed by atoms with Gasteiger partial charge in [0.15, 0.2) is 11.5 Å². The van der Waals surface area contributed by atoms with Crippen LogP contribution < -0.4 is 26.8 Å². The van der Waals surface area contributed by atoms with Crippen LogP contribution >= 0.6 is 11.6 Å². The number of nitrogens with one attached hydrogen (secondary N) is 2. The van der Waals surface area contributed by atoms with Gasteiger partial charge in [-0.25, -0.2) is 0 Å². The summed E-state index contributed by atoms with van der Waals surface area (Å²) < 4.78 is 5.08. The van der Waals surface area contributed by atoms with Gasteiger partial charge in [-0.15, -0.1) is 10.2 Å². The summed E-state index contributed by atoms with van der Waals surface area (Å²) in [6, 6.07) is 4.21. The summed E-state index contributed by atoms with van der Waals surface area (Å²) in [4.78, 5) is 27.1. The van der Waals surface area contributed by atoms with Crippen LogP contribution in [0.1, 0.15) is 23.8 Å². The number of carbonyl (C=O) groups is 2. The Hall–Kier alpha value is -3.14. The number of hydrogen-bond donors (Lipinski definition) is 4. The molecule has 2 amide bonds. The van der Waals surface area contributed by atoms with Crippen LogP contribution in [0, 0.1) is 0 Å². The quantitative estimate of drug-likeness (QED) is 0.529. The fraction of sp³-hybridized carbons (Fsp3) is 0.267. The number of carbonyl (C=O) groups excluding carboxylic acids is 2. The third-order valence-electron chi connectivity index (χ3n) is 3.39. The monoisotopic (exact) mass is 379 g/mol. The summed E-state index contributed by atoms with van der Waals surface area (Å²) in [5.41, 5.74) is 10.9. The fourth-order valence-electron chi connectivity index (χ4n) is 2.05. The van der Waals surface area contributed by atoms with Crippen molar-refractivity contribution in [3.05, 3.63) is 28.9 Å². The van der Waals surface area contributed by atoms with Crippen LogP contribution in [0.3, 0.4) is 0 Å². The Morgan fingerprint density at radius 3 is 2.58 bits per heavy atom. The summed E-state index contributed by atoms with van der Waals surface area (Å²) in [6.45, 7) is 1.77. The second-order valence-electron chi connectivity index (χ2n) is 5.18. The highest BCUT2D eigenvalue weighted by atomic mass is 35.5. The van der Waals surface area contributed by atoms with Gasteiger partial charge in [-0.1, -0.05) is 18.5 Å². The first-order chi connectivity index (χ1) is 12.3. The average molecular weight is 380 g/mol. The summed E-state index contributed by atoms with van der Waals surface area (Å²) in [6.07, 6.45) is 0.424. The van der Waals surface area contributed by atoms with E-state index in [1.165, 1.54) is 7.11 Å². The largest absolute Gasteiger partial charge is 0.495 e. The van der Waals surface area contributed by atoms with Gasteiger partial charge in [0.2, 0.25) is 11.9 Å². The van der Waals surface area contributed by atoms with Crippen molar-refractivity contribution in [2.75, 3.05) is 17.7 Å². The van der Waals surface area contributed by atoms with E-state index in [1.54, 1.807) is 25.1 Å². The van der Waals surface area contributed by atoms with E-state index < -0.39 is 17.9 Å². The van der Waals surface area contributed by atoms with E-state index in [-0.39, 0.29) is 17.5 Å². The molecule has 2 rings (SSSR count). The van der Waals surface area contributed by atoms with Gasteiger partial charge in [0.05, 0.1) is 12.1 Å². The van der Waals surface area contributed by atoms with Crippen LogP contribution in [0.4, 0.5) is 17.5 Å². The minimum atomic E-state index is -0.819. The molecule has 1 aromatic carbocycles. The number of methoxy groups -OCH3 is 1. The van der Waals surface area contributed by atoms with Crippen molar-refractivity contribution in [2.45, 2.75) is 19.4 Å². The third kappa shape index (κ3) is 4.48. The predicted molar refractivity (Wildman–Crippen MR) is 96.5 cm³/mol. The molecular weight excluding hydrogens is 362 g/mol. The topological polar surface area (TPSA) is 158 Å². The number of nitrogens with zero attached hydrogens (tertiary/aromatic N) is 3. The van der Waals surface area contributed by atoms with E-state index in [2.05, 4.69) is 25.8 Å². The molecule has 2 aromatic rings. The first kappa shape index (κ1) is 19.2. The van der Waals surface area contributed by atoms with Crippen LogP contribution in [-0.4, -0.2) is 40.1 Å². The lowest BCUT2D eigenvalue weighted by Gasteiger charge is -2.14. The number of ether oxygens (including phenoxy) is 1. The second kappa shape index (κ2) is 8.30. The predicted octanol–water partition coefficient (Wildman–Crippen LogP) is 1.05. The van der Waals surface area contributed by atoms with Crippen molar-refractivity contribution in [3.8, 4) is 5.75 Å². The maximum atomic E-state index is 11.6. The number of hydrogen-bond acceptors (Lipinski definition) is 8. The molecule has 0 unspecified atom stereocenters. The van der Waals surface area contributed by atoms with Gasteiger partial charge in [-0.05, 0) is 24.6 Å². The summed E-state index contributed by atoms with van der Waals surface area (Å²) >= 11 is 6.08. The number of primary amides is 2. The summed E-state index contributed by atoms with van der Waals surface area (Å²) in [5.74, 6) is -0.826. The Bertz CT molecular complexity index is 831. The van der Waals surface area contributed by atoms with Crippen molar-refractivity contribution in [3.63, 3.8) is 0 Å². The Morgan fingerprint density at radius 2 is 2.04 bits per heavy atom. The average Bonchev–Trinajstić information content (AvgIpc) is 2.59. The molecule has 1 heterocycles. The maximum absolute atomic E-state index is 11.6. The van der Waals surface area contributed by atoms with Gasteiger partial charge < -0.3 is 26.8 Å². The highest BCUT2D eigenvalue weighted by molar-refractivity contribution is 6.32. The molecule has 0 saturated carbocycles. The Labute approximate surface area is 154 Å². The molecule has 138 valence electrons. The molecule has 0 saturated heterocycles. The van der Waals surface area contributed by atoms with Crippen LogP contribution in [0.15, 0.2) is 18.2 Å². The Balaban J connectivity index is 2.35. The molecule has 0 aliphatic carbocycles. The minimum Gasteiger partial charge on any atom is -0.495 e. The number of halogens is 1. The molecule has 1 aromatic heterocycles. The molecule has 1 atom stereocenters. The molecule has 0 radical (unpaired) electrons. The molecule has 10 nitrogen and oxygen atoms in total. The molecule has 11 heteroatoms. The van der Waals surface area contributed by atoms with Crippen molar-refractivity contribution < 1.29 is 14.3 Å². The first-order valence-electron chi connectivity index (χ1n) is 7.56. The number of nitrogens with two attached hydrogens (primary N) is 2. The molecular formula is C15H18ClN7O3. The van der Waals surface area contributed by atoms with Crippen LogP contribution in [0.5, 0.6) is 5.75 Å². The van der Waals surface area contributed by atoms with Crippen molar-refractivity contribution in [1.82, 2.24) is 15.2 Å². The van der Waals surface area contributed by atoms with Gasteiger partial charge in [-0.3, -0.25) is 9.59 Å². The van der Waals surface area contributed by atoms with Gasteiger partial charge in [0, 0.05) is 5.69 Å². The lowest BCUT2D eigenvalue weighted by Crippen LogP contribution is -2.35. The first-order valence-corrected chi connectivity index (χ1v) is 7.94. The van der Waals surface area contributed by atoms with E-state index in [1.807, 2.05) is 0 Å². The van der Waals surface area contributed by atoms with E-state index in [0.29, 0.717) is 22.9 Å². The molecule has 0 fully saturated rings. The summed E-state index contributed by atoms with van der Waals surface area (Å²) in [5, 5.41) is 13.5. The second-order valence-corrected chi connectivity index (χ2v) is 5.59. The normalized spacial score (nSPS) is 11.5. The molecule has 0 aliphatic heterocycles. The minimum absolute atomic E-state index is 0.0164. The van der Waals surface area contributed by atoms with Gasteiger partial charge in [-0.2, -0.15) is 4.98 Å². The number of amides is 2. The van der Waals surface area contributed by atoms with Crippen molar-refractivity contribution in [1.29, 1.82) is 0 Å². The number of benzene rings is 1. The molecule has 6 N–H and O–H groups in total. The molecule has 26 heavy (non-hydrogen) atoms. The standard InChI is InChI=1S/C15H18ClN7O3/c1-3-9(12(17)24)20-15-21-14(11(13(18)25)22-23-15)19-7-4-5-10(26-2)8(16)6-7/h4-6,9H,3H2,1-2H3,(H2,17,24)(H2,18,25)(H2,19,20,21,23)/t9-/m1/s1. The van der Waals surface area contributed by atoms with Gasteiger partial charge in [0.1, 0.15) is 11.8 Å². The number of aromatic nitrogens is 3. The maximum Gasteiger partial charge on any atom is 0.273 e. The van der Waals surface area contributed by atoms with E-state index in [0.717, 1.165) is 0 Å². The van der Waals surface area contributed by atoms with E-state index >= 15 is 0 Å². The van der Waals surface area contributed by atoms with Crippen molar-refractivity contribution >= 4 is 40.9 Å². The Kier molecular flexibility index (Phi) is 6.12. The van der Waals surface area contributed by atoms with Crippen LogP contribution in [0.25, 0.3) is 0 Å². The van der Waals surface area contributed by atoms with Gasteiger partial charge in [0.25, 0.3) is 5.91 Å². The lowest BCUT2D eigenvalue weighted by molar-refractivity contribution is -0.118. The Morgan fingerprint density at radius 1 is 1.31 bits per heavy atom. The molecule has 0 spiro atoms. The highest BCUT2D eigenvalue weighted by Crippen LogP contribution is 2.29. The smallest absolute Gasteiger partial charge is 0.273 e. The van der Waals surface area contributed by atoms with Crippen LogP contribution in [0.2, 0.25) is 5.02 Å². The zero-order valence-corrected chi connectivity index (χ0v) is 14.9. The number of anilines is 3. The lowest BCUT2D eigenvalue weighted by atomic mass is 10.2. The molecule has 0 bridgehead atoms. The van der Waals surface area contributed by atoms with Crippen LogP contribution in [-0.2, 0) is 4.79 Å². The SMILES string of the molecule is CC[C@@H](Nc1nnc(C(N)=O)c(Nc2ccc(OC)c(Cl)c2)n1)C(N)=O. The zero-order valence-electron chi connectivity index (χ0n) is 14.1. The fourth-order valence-corrected chi connectivity index (χ4v) is 2.31.